The first-order valence-electron chi connectivity index (χ1n) is 7.27. The molecule has 1 saturated heterocycles. The van der Waals surface area contributed by atoms with Gasteiger partial charge in [-0.25, -0.2) is 0 Å². The molecule has 1 aliphatic heterocycles. The summed E-state index contributed by atoms with van der Waals surface area (Å²) in [5.41, 5.74) is 2.04. The molecule has 0 amide bonds. The van der Waals surface area contributed by atoms with Crippen molar-refractivity contribution in [1.82, 2.24) is 10.2 Å². The SMILES string of the molecule is CCC1(CN(Cc2ccsc2)C2CC2)CCNC1. The second-order valence-corrected chi connectivity index (χ2v) is 6.83. The van der Waals surface area contributed by atoms with Crippen molar-refractivity contribution in [3.63, 3.8) is 0 Å². The van der Waals surface area contributed by atoms with Gasteiger partial charge in [-0.2, -0.15) is 11.3 Å². The Bertz CT molecular complexity index is 364. The first-order valence-corrected chi connectivity index (χ1v) is 8.21. The van der Waals surface area contributed by atoms with Crippen molar-refractivity contribution >= 4 is 11.3 Å². The van der Waals surface area contributed by atoms with Crippen molar-refractivity contribution in [1.29, 1.82) is 0 Å². The van der Waals surface area contributed by atoms with E-state index in [1.54, 1.807) is 0 Å². The van der Waals surface area contributed by atoms with Gasteiger partial charge in [-0.15, -0.1) is 0 Å². The second-order valence-electron chi connectivity index (χ2n) is 6.05. The zero-order valence-electron chi connectivity index (χ0n) is 11.3. The first-order chi connectivity index (χ1) is 8.81. The standard InChI is InChI=1S/C15H24N2S/c1-2-15(6-7-16-11-15)12-17(14-3-4-14)9-13-5-8-18-10-13/h5,8,10,14,16H,2-4,6-7,9,11-12H2,1H3. The van der Waals surface area contributed by atoms with E-state index in [1.165, 1.54) is 50.9 Å². The molecule has 1 aromatic heterocycles. The average Bonchev–Trinajstić information content (AvgIpc) is 2.92. The summed E-state index contributed by atoms with van der Waals surface area (Å²) in [5, 5.41) is 8.07. The lowest BCUT2D eigenvalue weighted by molar-refractivity contribution is 0.144. The molecule has 2 heterocycles. The molecule has 0 radical (unpaired) electrons. The van der Waals surface area contributed by atoms with Crippen molar-refractivity contribution < 1.29 is 0 Å². The van der Waals surface area contributed by atoms with Gasteiger partial charge in [-0.3, -0.25) is 4.90 Å². The Labute approximate surface area is 114 Å². The van der Waals surface area contributed by atoms with Gasteiger partial charge in [-0.1, -0.05) is 6.92 Å². The van der Waals surface area contributed by atoms with Crippen LogP contribution >= 0.6 is 11.3 Å². The van der Waals surface area contributed by atoms with E-state index in [9.17, 15) is 0 Å². The van der Waals surface area contributed by atoms with Crippen LogP contribution in [0.2, 0.25) is 0 Å². The smallest absolute Gasteiger partial charge is 0.0245 e. The molecule has 2 aliphatic rings. The molecular weight excluding hydrogens is 240 g/mol. The molecule has 1 N–H and O–H groups in total. The number of nitrogens with zero attached hydrogens (tertiary/aromatic N) is 1. The minimum Gasteiger partial charge on any atom is -0.316 e. The number of rotatable bonds is 6. The van der Waals surface area contributed by atoms with E-state index in [-0.39, 0.29) is 0 Å². The molecular formula is C15H24N2S. The fraction of sp³-hybridized carbons (Fsp3) is 0.733. The Kier molecular flexibility index (Phi) is 3.73. The summed E-state index contributed by atoms with van der Waals surface area (Å²) in [4.78, 5) is 2.75. The van der Waals surface area contributed by atoms with Gasteiger partial charge in [0.25, 0.3) is 0 Å². The molecule has 0 bridgehead atoms. The minimum atomic E-state index is 0.540. The zero-order valence-corrected chi connectivity index (χ0v) is 12.1. The molecule has 2 fully saturated rings. The third kappa shape index (κ3) is 2.79. The molecule has 1 atom stereocenters. The maximum atomic E-state index is 3.56. The fourth-order valence-electron chi connectivity index (χ4n) is 3.15. The molecule has 18 heavy (non-hydrogen) atoms. The van der Waals surface area contributed by atoms with E-state index in [0.717, 1.165) is 12.6 Å². The van der Waals surface area contributed by atoms with Crippen LogP contribution in [0.3, 0.4) is 0 Å². The van der Waals surface area contributed by atoms with Gasteiger partial charge < -0.3 is 5.32 Å². The largest absolute Gasteiger partial charge is 0.316 e. The van der Waals surface area contributed by atoms with Crippen LogP contribution in [-0.2, 0) is 6.54 Å². The highest BCUT2D eigenvalue weighted by Gasteiger charge is 2.38. The molecule has 0 spiro atoms. The van der Waals surface area contributed by atoms with Gasteiger partial charge in [0, 0.05) is 25.7 Å². The third-order valence-corrected chi connectivity index (χ3v) is 5.38. The van der Waals surface area contributed by atoms with Gasteiger partial charge in [-0.05, 0) is 60.0 Å². The number of nitrogens with one attached hydrogen (secondary N) is 1. The summed E-state index contributed by atoms with van der Waals surface area (Å²) in [6, 6.07) is 3.15. The van der Waals surface area contributed by atoms with Crippen molar-refractivity contribution in [2.75, 3.05) is 19.6 Å². The van der Waals surface area contributed by atoms with E-state index in [2.05, 4.69) is 34.0 Å². The predicted molar refractivity (Wildman–Crippen MR) is 78.0 cm³/mol. The molecule has 3 rings (SSSR count). The van der Waals surface area contributed by atoms with Crippen LogP contribution in [0.15, 0.2) is 16.8 Å². The van der Waals surface area contributed by atoms with Gasteiger partial charge in [0.15, 0.2) is 0 Å². The quantitative estimate of drug-likeness (QED) is 0.849. The van der Waals surface area contributed by atoms with Gasteiger partial charge in [0.05, 0.1) is 0 Å². The van der Waals surface area contributed by atoms with E-state index >= 15 is 0 Å². The van der Waals surface area contributed by atoms with Gasteiger partial charge in [0.1, 0.15) is 0 Å². The Hall–Kier alpha value is -0.380. The van der Waals surface area contributed by atoms with Crippen molar-refractivity contribution in [3.05, 3.63) is 22.4 Å². The predicted octanol–water partition coefficient (Wildman–Crippen LogP) is 3.10. The van der Waals surface area contributed by atoms with Crippen LogP contribution in [0.4, 0.5) is 0 Å². The van der Waals surface area contributed by atoms with Crippen molar-refractivity contribution in [3.8, 4) is 0 Å². The van der Waals surface area contributed by atoms with Crippen LogP contribution in [0.1, 0.15) is 38.2 Å². The summed E-state index contributed by atoms with van der Waals surface area (Å²) in [5.74, 6) is 0. The molecule has 2 nitrogen and oxygen atoms in total. The van der Waals surface area contributed by atoms with E-state index in [0.29, 0.717) is 5.41 Å². The maximum absolute atomic E-state index is 3.56. The monoisotopic (exact) mass is 264 g/mol. The molecule has 1 aromatic rings. The fourth-order valence-corrected chi connectivity index (χ4v) is 3.81. The Morgan fingerprint density at radius 3 is 2.94 bits per heavy atom. The van der Waals surface area contributed by atoms with Gasteiger partial charge in [0.2, 0.25) is 0 Å². The van der Waals surface area contributed by atoms with E-state index in [1.807, 2.05) is 11.3 Å². The zero-order chi connectivity index (χ0) is 12.4. The van der Waals surface area contributed by atoms with E-state index in [4.69, 9.17) is 0 Å². The van der Waals surface area contributed by atoms with Crippen LogP contribution in [0, 0.1) is 5.41 Å². The maximum Gasteiger partial charge on any atom is 0.0245 e. The van der Waals surface area contributed by atoms with Crippen LogP contribution in [-0.4, -0.2) is 30.6 Å². The average molecular weight is 264 g/mol. The van der Waals surface area contributed by atoms with Crippen molar-refractivity contribution in [2.45, 2.75) is 45.2 Å². The summed E-state index contributed by atoms with van der Waals surface area (Å²) in [6.45, 7) is 7.25. The molecule has 1 aliphatic carbocycles. The lowest BCUT2D eigenvalue weighted by Gasteiger charge is -2.34. The van der Waals surface area contributed by atoms with Crippen LogP contribution in [0.25, 0.3) is 0 Å². The first kappa shape index (κ1) is 12.6. The highest BCUT2D eigenvalue weighted by Crippen LogP contribution is 2.36. The molecule has 1 unspecified atom stereocenters. The third-order valence-electron chi connectivity index (χ3n) is 4.65. The van der Waals surface area contributed by atoms with Crippen LogP contribution in [0.5, 0.6) is 0 Å². The van der Waals surface area contributed by atoms with Crippen molar-refractivity contribution in [2.24, 2.45) is 5.41 Å². The Balaban J connectivity index is 1.66. The number of hydrogen-bond donors (Lipinski definition) is 1. The lowest BCUT2D eigenvalue weighted by atomic mass is 9.83. The molecule has 3 heteroatoms. The summed E-state index contributed by atoms with van der Waals surface area (Å²) in [7, 11) is 0. The minimum absolute atomic E-state index is 0.540. The second kappa shape index (κ2) is 5.32. The highest BCUT2D eigenvalue weighted by atomic mass is 32.1. The molecule has 0 aromatic carbocycles. The summed E-state index contributed by atoms with van der Waals surface area (Å²) < 4.78 is 0. The summed E-state index contributed by atoms with van der Waals surface area (Å²) >= 11 is 1.82. The number of thiophene rings is 1. The normalized spacial score (nSPS) is 28.1. The van der Waals surface area contributed by atoms with E-state index < -0.39 is 0 Å². The number of hydrogen-bond acceptors (Lipinski definition) is 3. The molecule has 100 valence electrons. The highest BCUT2D eigenvalue weighted by molar-refractivity contribution is 7.07. The lowest BCUT2D eigenvalue weighted by Crippen LogP contribution is -2.39. The van der Waals surface area contributed by atoms with Crippen LogP contribution < -0.4 is 5.32 Å². The van der Waals surface area contributed by atoms with Gasteiger partial charge >= 0.3 is 0 Å². The Morgan fingerprint density at radius 2 is 2.39 bits per heavy atom. The summed E-state index contributed by atoms with van der Waals surface area (Å²) in [6.07, 6.45) is 5.50. The topological polar surface area (TPSA) is 15.3 Å². The molecule has 1 saturated carbocycles. The Morgan fingerprint density at radius 1 is 1.50 bits per heavy atom.